The maximum atomic E-state index is 5.84. The van der Waals surface area contributed by atoms with Crippen LogP contribution in [0.1, 0.15) is 19.8 Å². The van der Waals surface area contributed by atoms with E-state index in [9.17, 15) is 0 Å². The van der Waals surface area contributed by atoms with Gasteiger partial charge in [-0.2, -0.15) is 0 Å². The molecule has 1 aliphatic heterocycles. The van der Waals surface area contributed by atoms with Gasteiger partial charge in [-0.05, 0) is 44.0 Å². The highest BCUT2D eigenvalue weighted by Gasteiger charge is 2.14. The summed E-state index contributed by atoms with van der Waals surface area (Å²) in [4.78, 5) is 4.55. The Balaban J connectivity index is 1.69. The van der Waals surface area contributed by atoms with Gasteiger partial charge in [-0.15, -0.1) is 0 Å². The van der Waals surface area contributed by atoms with Crippen LogP contribution in [0.15, 0.2) is 29.3 Å². The maximum absolute atomic E-state index is 5.84. The third-order valence-corrected chi connectivity index (χ3v) is 3.55. The molecule has 1 saturated heterocycles. The van der Waals surface area contributed by atoms with Gasteiger partial charge in [-0.1, -0.05) is 11.6 Å². The zero-order valence-electron chi connectivity index (χ0n) is 13.0. The molecule has 2 N–H and O–H groups in total. The van der Waals surface area contributed by atoms with Crippen LogP contribution in [0.4, 0.5) is 0 Å². The van der Waals surface area contributed by atoms with E-state index in [4.69, 9.17) is 21.1 Å². The van der Waals surface area contributed by atoms with Crippen LogP contribution in [0.5, 0.6) is 5.75 Å². The summed E-state index contributed by atoms with van der Waals surface area (Å²) in [5, 5.41) is 7.19. The molecule has 0 aromatic heterocycles. The van der Waals surface area contributed by atoms with Crippen LogP contribution in [-0.4, -0.2) is 44.9 Å². The number of aliphatic imine (C=N–C) groups is 1. The second kappa shape index (κ2) is 9.54. The minimum Gasteiger partial charge on any atom is -0.492 e. The molecule has 0 radical (unpaired) electrons. The Labute approximate surface area is 137 Å². The summed E-state index contributed by atoms with van der Waals surface area (Å²) < 4.78 is 11.2. The van der Waals surface area contributed by atoms with Gasteiger partial charge < -0.3 is 20.1 Å². The number of nitrogens with one attached hydrogen (secondary N) is 2. The Morgan fingerprint density at radius 3 is 2.86 bits per heavy atom. The molecule has 1 unspecified atom stereocenters. The van der Waals surface area contributed by atoms with E-state index in [-0.39, 0.29) is 6.10 Å². The van der Waals surface area contributed by atoms with E-state index in [0.717, 1.165) is 37.7 Å². The number of halogens is 1. The first-order chi connectivity index (χ1) is 10.8. The minimum atomic E-state index is 0.265. The number of ether oxygens (including phenoxy) is 2. The van der Waals surface area contributed by atoms with E-state index in [1.54, 1.807) is 0 Å². The lowest BCUT2D eigenvalue weighted by atomic mass is 10.2. The zero-order valence-corrected chi connectivity index (χ0v) is 13.7. The van der Waals surface area contributed by atoms with Crippen molar-refractivity contribution < 1.29 is 9.47 Å². The molecule has 1 heterocycles. The minimum absolute atomic E-state index is 0.265. The lowest BCUT2D eigenvalue weighted by molar-refractivity contribution is 0.117. The molecule has 6 heteroatoms. The fourth-order valence-corrected chi connectivity index (χ4v) is 2.32. The zero-order chi connectivity index (χ0) is 15.6. The van der Waals surface area contributed by atoms with Crippen molar-refractivity contribution in [2.75, 3.05) is 32.8 Å². The van der Waals surface area contributed by atoms with Crippen molar-refractivity contribution in [3.63, 3.8) is 0 Å². The summed E-state index contributed by atoms with van der Waals surface area (Å²) in [7, 11) is 0. The standard InChI is InChI=1S/C16H24ClN3O2/c1-2-18-16(20-12-15-4-3-10-21-15)19-9-11-22-14-7-5-13(17)6-8-14/h5-8,15H,2-4,9-12H2,1H3,(H2,18,19,20). The van der Waals surface area contributed by atoms with E-state index in [2.05, 4.69) is 15.6 Å². The van der Waals surface area contributed by atoms with E-state index >= 15 is 0 Å². The van der Waals surface area contributed by atoms with Gasteiger partial charge >= 0.3 is 0 Å². The Bertz CT molecular complexity index is 459. The highest BCUT2D eigenvalue weighted by molar-refractivity contribution is 6.30. The van der Waals surface area contributed by atoms with Crippen molar-refractivity contribution in [3.8, 4) is 5.75 Å². The van der Waals surface area contributed by atoms with E-state index in [1.165, 1.54) is 0 Å². The number of rotatable bonds is 7. The molecule has 0 amide bonds. The van der Waals surface area contributed by atoms with Gasteiger partial charge in [0, 0.05) is 18.2 Å². The van der Waals surface area contributed by atoms with Crippen LogP contribution in [0, 0.1) is 0 Å². The van der Waals surface area contributed by atoms with E-state index in [0.29, 0.717) is 24.7 Å². The number of hydrogen-bond acceptors (Lipinski definition) is 3. The summed E-state index contributed by atoms with van der Waals surface area (Å²) in [6, 6.07) is 7.35. The van der Waals surface area contributed by atoms with Crippen molar-refractivity contribution in [2.45, 2.75) is 25.9 Å². The summed E-state index contributed by atoms with van der Waals surface area (Å²) in [5.41, 5.74) is 0. The summed E-state index contributed by atoms with van der Waals surface area (Å²) >= 11 is 5.84. The van der Waals surface area contributed by atoms with Gasteiger partial charge in [0.15, 0.2) is 5.96 Å². The van der Waals surface area contributed by atoms with Crippen LogP contribution in [-0.2, 0) is 4.74 Å². The number of benzene rings is 1. The molecule has 5 nitrogen and oxygen atoms in total. The quantitative estimate of drug-likeness (QED) is 0.459. The molecule has 1 fully saturated rings. The van der Waals surface area contributed by atoms with Crippen molar-refractivity contribution in [1.29, 1.82) is 0 Å². The van der Waals surface area contributed by atoms with E-state index < -0.39 is 0 Å². The lowest BCUT2D eigenvalue weighted by Crippen LogP contribution is -2.39. The summed E-state index contributed by atoms with van der Waals surface area (Å²) in [6.07, 6.45) is 2.50. The fourth-order valence-electron chi connectivity index (χ4n) is 2.19. The molecule has 0 bridgehead atoms. The smallest absolute Gasteiger partial charge is 0.191 e. The predicted octanol–water partition coefficient (Wildman–Crippen LogP) is 2.45. The third kappa shape index (κ3) is 6.12. The van der Waals surface area contributed by atoms with Gasteiger partial charge in [-0.3, -0.25) is 4.99 Å². The van der Waals surface area contributed by atoms with Gasteiger partial charge in [-0.25, -0.2) is 0 Å². The topological polar surface area (TPSA) is 54.9 Å². The monoisotopic (exact) mass is 325 g/mol. The molecule has 1 aromatic carbocycles. The van der Waals surface area contributed by atoms with Gasteiger partial charge in [0.05, 0.1) is 19.2 Å². The Hall–Kier alpha value is -1.46. The van der Waals surface area contributed by atoms with Crippen molar-refractivity contribution in [1.82, 2.24) is 10.6 Å². The SMILES string of the molecule is CCNC(=NCC1CCCO1)NCCOc1ccc(Cl)cc1. The van der Waals surface area contributed by atoms with Crippen molar-refractivity contribution >= 4 is 17.6 Å². The normalized spacial score (nSPS) is 18.3. The molecule has 122 valence electrons. The largest absolute Gasteiger partial charge is 0.492 e. The Kier molecular flexibility index (Phi) is 7.33. The molecular formula is C16H24ClN3O2. The fraction of sp³-hybridized carbons (Fsp3) is 0.562. The second-order valence-electron chi connectivity index (χ2n) is 5.08. The van der Waals surface area contributed by atoms with Crippen molar-refractivity contribution in [3.05, 3.63) is 29.3 Å². The second-order valence-corrected chi connectivity index (χ2v) is 5.52. The number of nitrogens with zero attached hydrogens (tertiary/aromatic N) is 1. The molecule has 0 spiro atoms. The van der Waals surface area contributed by atoms with Gasteiger partial charge in [0.2, 0.25) is 0 Å². The molecule has 2 rings (SSSR count). The first-order valence-electron chi connectivity index (χ1n) is 7.80. The Morgan fingerprint density at radius 2 is 2.18 bits per heavy atom. The van der Waals surface area contributed by atoms with E-state index in [1.807, 2.05) is 31.2 Å². The highest BCUT2D eigenvalue weighted by atomic mass is 35.5. The average molecular weight is 326 g/mol. The molecule has 1 atom stereocenters. The van der Waals surface area contributed by atoms with Gasteiger partial charge in [0.25, 0.3) is 0 Å². The Morgan fingerprint density at radius 1 is 1.36 bits per heavy atom. The molecular weight excluding hydrogens is 302 g/mol. The molecule has 22 heavy (non-hydrogen) atoms. The first kappa shape index (κ1) is 16.9. The average Bonchev–Trinajstić information content (AvgIpc) is 3.04. The third-order valence-electron chi connectivity index (χ3n) is 3.30. The molecule has 1 aliphatic rings. The number of hydrogen-bond donors (Lipinski definition) is 2. The predicted molar refractivity (Wildman–Crippen MR) is 89.9 cm³/mol. The highest BCUT2D eigenvalue weighted by Crippen LogP contribution is 2.15. The van der Waals surface area contributed by atoms with Crippen molar-refractivity contribution in [2.24, 2.45) is 4.99 Å². The van der Waals surface area contributed by atoms with Gasteiger partial charge in [0.1, 0.15) is 12.4 Å². The summed E-state index contributed by atoms with van der Waals surface area (Å²) in [5.74, 6) is 1.62. The van der Waals surface area contributed by atoms with Crippen LogP contribution in [0.2, 0.25) is 5.02 Å². The van der Waals surface area contributed by atoms with Crippen LogP contribution >= 0.6 is 11.6 Å². The lowest BCUT2D eigenvalue weighted by Gasteiger charge is -2.13. The summed E-state index contributed by atoms with van der Waals surface area (Å²) in [6.45, 7) is 5.68. The number of guanidine groups is 1. The van der Waals surface area contributed by atoms with Crippen LogP contribution in [0.25, 0.3) is 0 Å². The maximum Gasteiger partial charge on any atom is 0.191 e. The molecule has 1 aromatic rings. The van der Waals surface area contributed by atoms with Crippen LogP contribution < -0.4 is 15.4 Å². The molecule has 0 saturated carbocycles. The first-order valence-corrected chi connectivity index (χ1v) is 8.18. The molecule has 0 aliphatic carbocycles. The van der Waals surface area contributed by atoms with Crippen LogP contribution in [0.3, 0.4) is 0 Å².